The van der Waals surface area contributed by atoms with E-state index in [2.05, 4.69) is 15.3 Å². The van der Waals surface area contributed by atoms with Crippen molar-refractivity contribution in [2.45, 2.75) is 0 Å². The zero-order chi connectivity index (χ0) is 14.9. The van der Waals surface area contributed by atoms with Gasteiger partial charge in [-0.05, 0) is 12.1 Å². The topological polar surface area (TPSA) is 81.0 Å². The maximum atomic E-state index is 13.2. The van der Waals surface area contributed by atoms with Gasteiger partial charge in [-0.3, -0.25) is 10.1 Å². The third kappa shape index (κ3) is 2.37. The highest BCUT2D eigenvalue weighted by Crippen LogP contribution is 2.30. The maximum absolute atomic E-state index is 13.2. The van der Waals surface area contributed by atoms with E-state index < -0.39 is 28.1 Å². The van der Waals surface area contributed by atoms with Crippen LogP contribution in [-0.2, 0) is 0 Å². The first kappa shape index (κ1) is 13.7. The first-order valence-corrected chi connectivity index (χ1v) is 5.28. The number of nitro groups is 1. The number of hydrogen-bond acceptors (Lipinski definition) is 5. The van der Waals surface area contributed by atoms with Crippen molar-refractivity contribution >= 4 is 11.6 Å². The normalized spacial score (nSPS) is 10.4. The van der Waals surface area contributed by atoms with Gasteiger partial charge in [0.15, 0.2) is 23.1 Å². The minimum absolute atomic E-state index is 0.0238. The highest BCUT2D eigenvalue weighted by Gasteiger charge is 2.21. The Morgan fingerprint density at radius 3 is 2.35 bits per heavy atom. The number of halogens is 3. The molecule has 0 spiro atoms. The smallest absolute Gasteiger partial charge is 0.313 e. The van der Waals surface area contributed by atoms with Gasteiger partial charge in [-0.25, -0.2) is 23.1 Å². The molecule has 0 saturated carbocycles. The van der Waals surface area contributed by atoms with Gasteiger partial charge in [0.25, 0.3) is 0 Å². The van der Waals surface area contributed by atoms with Gasteiger partial charge >= 0.3 is 5.69 Å². The summed E-state index contributed by atoms with van der Waals surface area (Å²) in [6.45, 7) is 0. The largest absolute Gasteiger partial charge is 0.357 e. The summed E-state index contributed by atoms with van der Waals surface area (Å²) in [4.78, 5) is 17.5. The monoisotopic (exact) mass is 284 g/mol. The van der Waals surface area contributed by atoms with E-state index in [9.17, 15) is 23.3 Å². The summed E-state index contributed by atoms with van der Waals surface area (Å²) in [6, 6.07) is 1.26. The molecule has 1 aromatic carbocycles. The van der Waals surface area contributed by atoms with Crippen molar-refractivity contribution in [2.75, 3.05) is 12.4 Å². The Bertz CT molecular complexity index is 670. The summed E-state index contributed by atoms with van der Waals surface area (Å²) < 4.78 is 39.3. The molecule has 0 unspecified atom stereocenters. The standard InChI is InChI=1S/C11H7F3N4O2/c1-15-11-16-4-8(18(19)20)10(17-11)5-2-6(12)9(14)7(13)3-5/h2-4H,1H3,(H,15,16,17). The molecular formula is C11H7F3N4O2. The number of hydrogen-bond donors (Lipinski definition) is 1. The van der Waals surface area contributed by atoms with Crippen LogP contribution < -0.4 is 5.32 Å². The molecule has 0 aliphatic carbocycles. The van der Waals surface area contributed by atoms with E-state index in [0.717, 1.165) is 6.20 Å². The Morgan fingerprint density at radius 2 is 1.85 bits per heavy atom. The fourth-order valence-corrected chi connectivity index (χ4v) is 1.53. The highest BCUT2D eigenvalue weighted by molar-refractivity contribution is 5.70. The van der Waals surface area contributed by atoms with Crippen molar-refractivity contribution < 1.29 is 18.1 Å². The van der Waals surface area contributed by atoms with E-state index in [1.165, 1.54) is 7.05 Å². The van der Waals surface area contributed by atoms with Crippen molar-refractivity contribution in [3.63, 3.8) is 0 Å². The summed E-state index contributed by atoms with van der Waals surface area (Å²) in [5.41, 5.74) is -1.12. The second kappa shape index (κ2) is 5.11. The summed E-state index contributed by atoms with van der Waals surface area (Å²) >= 11 is 0. The summed E-state index contributed by atoms with van der Waals surface area (Å²) in [7, 11) is 1.47. The molecule has 1 heterocycles. The lowest BCUT2D eigenvalue weighted by atomic mass is 10.1. The predicted octanol–water partition coefficient (Wildman–Crippen LogP) is 2.51. The summed E-state index contributed by atoms with van der Waals surface area (Å²) in [6.07, 6.45) is 0.896. The number of rotatable bonds is 3. The molecular weight excluding hydrogens is 277 g/mol. The van der Waals surface area contributed by atoms with Crippen LogP contribution in [0.15, 0.2) is 18.3 Å². The van der Waals surface area contributed by atoms with Crippen LogP contribution in [0.4, 0.5) is 24.8 Å². The molecule has 0 bridgehead atoms. The first-order chi connectivity index (χ1) is 9.43. The molecule has 1 aromatic heterocycles. The number of aromatic nitrogens is 2. The van der Waals surface area contributed by atoms with Gasteiger partial charge in [0.05, 0.1) is 4.92 Å². The molecule has 0 aliphatic heterocycles. The third-order valence-corrected chi connectivity index (χ3v) is 2.45. The van der Waals surface area contributed by atoms with Crippen LogP contribution in [0.25, 0.3) is 11.3 Å². The van der Waals surface area contributed by atoms with E-state index in [0.29, 0.717) is 12.1 Å². The van der Waals surface area contributed by atoms with Crippen molar-refractivity contribution in [3.05, 3.63) is 45.9 Å². The lowest BCUT2D eigenvalue weighted by molar-refractivity contribution is -0.384. The molecule has 0 saturated heterocycles. The molecule has 0 radical (unpaired) electrons. The molecule has 0 atom stereocenters. The molecule has 104 valence electrons. The number of nitrogens with zero attached hydrogens (tertiary/aromatic N) is 3. The van der Waals surface area contributed by atoms with Crippen LogP contribution in [-0.4, -0.2) is 21.9 Å². The Kier molecular flexibility index (Phi) is 3.51. The van der Waals surface area contributed by atoms with Gasteiger partial charge in [-0.15, -0.1) is 0 Å². The van der Waals surface area contributed by atoms with Crippen LogP contribution in [0, 0.1) is 27.6 Å². The van der Waals surface area contributed by atoms with Gasteiger partial charge < -0.3 is 5.32 Å². The molecule has 9 heteroatoms. The second-order valence-corrected chi connectivity index (χ2v) is 3.69. The quantitative estimate of drug-likeness (QED) is 0.532. The molecule has 6 nitrogen and oxygen atoms in total. The number of anilines is 1. The zero-order valence-electron chi connectivity index (χ0n) is 10.0. The minimum Gasteiger partial charge on any atom is -0.357 e. The van der Waals surface area contributed by atoms with Crippen molar-refractivity contribution in [1.82, 2.24) is 9.97 Å². The first-order valence-electron chi connectivity index (χ1n) is 5.28. The van der Waals surface area contributed by atoms with Gasteiger partial charge in [0.1, 0.15) is 6.20 Å². The van der Waals surface area contributed by atoms with Gasteiger partial charge in [0.2, 0.25) is 5.95 Å². The fraction of sp³-hybridized carbons (Fsp3) is 0.0909. The van der Waals surface area contributed by atoms with Crippen LogP contribution in [0.3, 0.4) is 0 Å². The van der Waals surface area contributed by atoms with E-state index in [-0.39, 0.29) is 17.2 Å². The van der Waals surface area contributed by atoms with E-state index in [4.69, 9.17) is 0 Å². The predicted molar refractivity (Wildman–Crippen MR) is 63.5 cm³/mol. The Balaban J connectivity index is 2.70. The van der Waals surface area contributed by atoms with Gasteiger partial charge in [0, 0.05) is 12.6 Å². The number of nitrogens with one attached hydrogen (secondary N) is 1. The SMILES string of the molecule is CNc1ncc([N+](=O)[O-])c(-c2cc(F)c(F)c(F)c2)n1. The molecule has 0 aliphatic rings. The van der Waals surface area contributed by atoms with Gasteiger partial charge in [-0.1, -0.05) is 0 Å². The van der Waals surface area contributed by atoms with Crippen molar-refractivity contribution in [3.8, 4) is 11.3 Å². The molecule has 0 fully saturated rings. The lowest BCUT2D eigenvalue weighted by Gasteiger charge is -2.05. The zero-order valence-corrected chi connectivity index (χ0v) is 10.0. The summed E-state index contributed by atoms with van der Waals surface area (Å²) in [5.74, 6) is -4.55. The third-order valence-electron chi connectivity index (χ3n) is 2.45. The minimum atomic E-state index is -1.65. The maximum Gasteiger partial charge on any atom is 0.313 e. The molecule has 2 rings (SSSR count). The van der Waals surface area contributed by atoms with Crippen LogP contribution in [0.2, 0.25) is 0 Å². The van der Waals surface area contributed by atoms with E-state index in [1.807, 2.05) is 0 Å². The molecule has 0 amide bonds. The van der Waals surface area contributed by atoms with Crippen molar-refractivity contribution in [1.29, 1.82) is 0 Å². The Hall–Kier alpha value is -2.71. The second-order valence-electron chi connectivity index (χ2n) is 3.69. The van der Waals surface area contributed by atoms with Gasteiger partial charge in [-0.2, -0.15) is 0 Å². The molecule has 20 heavy (non-hydrogen) atoms. The van der Waals surface area contributed by atoms with Crippen LogP contribution in [0.5, 0.6) is 0 Å². The van der Waals surface area contributed by atoms with Crippen LogP contribution >= 0.6 is 0 Å². The average molecular weight is 284 g/mol. The van der Waals surface area contributed by atoms with E-state index >= 15 is 0 Å². The van der Waals surface area contributed by atoms with E-state index in [1.54, 1.807) is 0 Å². The highest BCUT2D eigenvalue weighted by atomic mass is 19.2. The Labute approximate surface area is 110 Å². The lowest BCUT2D eigenvalue weighted by Crippen LogP contribution is -2.02. The number of benzene rings is 1. The van der Waals surface area contributed by atoms with Crippen molar-refractivity contribution in [2.24, 2.45) is 0 Å². The summed E-state index contributed by atoms with van der Waals surface area (Å²) in [5, 5.41) is 13.4. The fourth-order valence-electron chi connectivity index (χ4n) is 1.53. The molecule has 2 aromatic rings. The Morgan fingerprint density at radius 1 is 1.25 bits per heavy atom. The van der Waals surface area contributed by atoms with Crippen LogP contribution in [0.1, 0.15) is 0 Å². The molecule has 1 N–H and O–H groups in total. The average Bonchev–Trinajstić information content (AvgIpc) is 2.43.